The van der Waals surface area contributed by atoms with Crippen LogP contribution in [-0.2, 0) is 0 Å². The van der Waals surface area contributed by atoms with Gasteiger partial charge in [0.1, 0.15) is 10.7 Å². The van der Waals surface area contributed by atoms with Gasteiger partial charge in [-0.3, -0.25) is 10.1 Å². The van der Waals surface area contributed by atoms with Crippen molar-refractivity contribution in [3.63, 3.8) is 0 Å². The second-order valence-electron chi connectivity index (χ2n) is 8.36. The van der Waals surface area contributed by atoms with Crippen molar-refractivity contribution < 1.29 is 4.79 Å². The van der Waals surface area contributed by atoms with Crippen LogP contribution >= 0.6 is 22.9 Å². The predicted molar refractivity (Wildman–Crippen MR) is 145 cm³/mol. The van der Waals surface area contributed by atoms with E-state index in [0.717, 1.165) is 31.7 Å². The van der Waals surface area contributed by atoms with E-state index in [9.17, 15) is 4.79 Å². The number of carbonyl (C=O) groups is 1. The zero-order valence-corrected chi connectivity index (χ0v) is 21.5. The first-order chi connectivity index (χ1) is 17.5. The lowest BCUT2D eigenvalue weighted by atomic mass is 10.2. The molecule has 0 radical (unpaired) electrons. The highest BCUT2D eigenvalue weighted by Crippen LogP contribution is 2.28. The van der Waals surface area contributed by atoms with Crippen LogP contribution in [0.2, 0.25) is 5.02 Å². The number of nitrogens with one attached hydrogen (secondary N) is 2. The van der Waals surface area contributed by atoms with E-state index >= 15 is 0 Å². The van der Waals surface area contributed by atoms with Gasteiger partial charge in [-0.1, -0.05) is 53.3 Å². The lowest BCUT2D eigenvalue weighted by Crippen LogP contribution is -2.47. The number of carbonyl (C=O) groups excluding carboxylic acids is 1. The number of hydrogen-bond donors (Lipinski definition) is 2. The van der Waals surface area contributed by atoms with Gasteiger partial charge in [-0.2, -0.15) is 15.0 Å². The average molecular weight is 521 g/mol. The summed E-state index contributed by atoms with van der Waals surface area (Å²) in [5.41, 5.74) is 2.70. The van der Waals surface area contributed by atoms with Gasteiger partial charge in [0, 0.05) is 31.9 Å². The van der Waals surface area contributed by atoms with Gasteiger partial charge in [-0.25, -0.2) is 4.98 Å². The molecule has 0 unspecified atom stereocenters. The number of para-hydroxylation sites is 2. The summed E-state index contributed by atoms with van der Waals surface area (Å²) >= 11 is 7.45. The smallest absolute Gasteiger partial charge is 0.267 e. The van der Waals surface area contributed by atoms with Crippen molar-refractivity contribution in [1.82, 2.24) is 19.9 Å². The highest BCUT2D eigenvalue weighted by molar-refractivity contribution is 7.17. The third-order valence-corrected chi connectivity index (χ3v) is 7.05. The molecular formula is C25H25ClN8OS. The van der Waals surface area contributed by atoms with Crippen molar-refractivity contribution in [3.05, 3.63) is 76.0 Å². The van der Waals surface area contributed by atoms with Crippen LogP contribution in [0.5, 0.6) is 0 Å². The molecule has 0 spiro atoms. The number of anilines is 5. The first-order valence-corrected chi connectivity index (χ1v) is 12.7. The van der Waals surface area contributed by atoms with Crippen LogP contribution in [0.3, 0.4) is 0 Å². The Morgan fingerprint density at radius 3 is 2.44 bits per heavy atom. The Bertz CT molecular complexity index is 1350. The lowest BCUT2D eigenvalue weighted by molar-refractivity contribution is 0.103. The van der Waals surface area contributed by atoms with Crippen molar-refractivity contribution >= 4 is 57.2 Å². The summed E-state index contributed by atoms with van der Waals surface area (Å²) in [6.45, 7) is 7.11. The first-order valence-electron chi connectivity index (χ1n) is 11.5. The van der Waals surface area contributed by atoms with E-state index in [1.807, 2.05) is 32.0 Å². The Kier molecular flexibility index (Phi) is 6.97. The zero-order chi connectivity index (χ0) is 25.1. The van der Waals surface area contributed by atoms with E-state index in [0.29, 0.717) is 38.4 Å². The number of amides is 1. The van der Waals surface area contributed by atoms with E-state index in [4.69, 9.17) is 11.6 Å². The molecule has 1 aliphatic rings. The molecule has 1 saturated heterocycles. The Morgan fingerprint density at radius 2 is 1.69 bits per heavy atom. The monoisotopic (exact) mass is 520 g/mol. The quantitative estimate of drug-likeness (QED) is 0.369. The molecule has 0 saturated carbocycles. The molecule has 5 rings (SSSR count). The minimum Gasteiger partial charge on any atom is -0.368 e. The summed E-state index contributed by atoms with van der Waals surface area (Å²) < 4.78 is 0. The minimum absolute atomic E-state index is 0.277. The molecule has 1 fully saturated rings. The number of hydrogen-bond acceptors (Lipinski definition) is 9. The molecule has 0 aliphatic carbocycles. The van der Waals surface area contributed by atoms with Gasteiger partial charge in [-0.05, 0) is 37.6 Å². The molecule has 184 valence electrons. The Hall–Kier alpha value is -3.76. The molecule has 0 atom stereocenters. The third kappa shape index (κ3) is 5.39. The summed E-state index contributed by atoms with van der Waals surface area (Å²) in [7, 11) is 0. The maximum absolute atomic E-state index is 12.7. The molecule has 0 bridgehead atoms. The first kappa shape index (κ1) is 24.0. The molecule has 2 N–H and O–H groups in total. The largest absolute Gasteiger partial charge is 0.368 e. The SMILES string of the molecule is Cc1nc(Nc2ncc(C(=O)Nc3c(C)cccc3Cl)s2)nc(N2CCN(c3ccccc3)CC2)n1. The van der Waals surface area contributed by atoms with Crippen molar-refractivity contribution in [3.8, 4) is 0 Å². The Balaban J connectivity index is 1.25. The fourth-order valence-corrected chi connectivity index (χ4v) is 4.94. The number of halogens is 1. The van der Waals surface area contributed by atoms with E-state index in [1.165, 1.54) is 23.2 Å². The lowest BCUT2D eigenvalue weighted by Gasteiger charge is -2.36. The van der Waals surface area contributed by atoms with Crippen LogP contribution in [-0.4, -0.2) is 52.0 Å². The van der Waals surface area contributed by atoms with E-state index in [2.05, 4.69) is 64.6 Å². The highest BCUT2D eigenvalue weighted by atomic mass is 35.5. The Morgan fingerprint density at radius 1 is 0.944 bits per heavy atom. The van der Waals surface area contributed by atoms with Crippen LogP contribution in [0.1, 0.15) is 21.1 Å². The van der Waals surface area contributed by atoms with Gasteiger partial charge < -0.3 is 15.1 Å². The number of aromatic nitrogens is 4. The van der Waals surface area contributed by atoms with Gasteiger partial charge in [0.05, 0.1) is 16.9 Å². The van der Waals surface area contributed by atoms with Crippen molar-refractivity contribution in [1.29, 1.82) is 0 Å². The summed E-state index contributed by atoms with van der Waals surface area (Å²) in [5.74, 6) is 1.35. The summed E-state index contributed by atoms with van der Waals surface area (Å²) in [4.78, 5) is 35.6. The van der Waals surface area contributed by atoms with Crippen molar-refractivity contribution in [2.75, 3.05) is 46.6 Å². The van der Waals surface area contributed by atoms with Crippen LogP contribution < -0.4 is 20.4 Å². The van der Waals surface area contributed by atoms with E-state index in [1.54, 1.807) is 6.07 Å². The molecule has 1 amide bonds. The predicted octanol–water partition coefficient (Wildman–Crippen LogP) is 4.92. The van der Waals surface area contributed by atoms with Gasteiger partial charge in [-0.15, -0.1) is 0 Å². The molecule has 36 heavy (non-hydrogen) atoms. The molecule has 2 aromatic heterocycles. The van der Waals surface area contributed by atoms with Gasteiger partial charge in [0.25, 0.3) is 5.91 Å². The van der Waals surface area contributed by atoms with Gasteiger partial charge in [0.2, 0.25) is 11.9 Å². The fourth-order valence-electron chi connectivity index (χ4n) is 3.97. The fraction of sp³-hybridized carbons (Fsp3) is 0.240. The molecule has 3 heterocycles. The number of nitrogens with zero attached hydrogens (tertiary/aromatic N) is 6. The topological polar surface area (TPSA) is 99.2 Å². The van der Waals surface area contributed by atoms with E-state index < -0.39 is 0 Å². The van der Waals surface area contributed by atoms with Crippen LogP contribution in [0.15, 0.2) is 54.7 Å². The standard InChI is InChI=1S/C25H25ClN8OS/c1-16-7-6-10-19(26)21(16)30-22(35)20-15-27-25(36-20)32-23-28-17(2)29-24(31-23)34-13-11-33(12-14-34)18-8-4-3-5-9-18/h3-10,15H,11-14H2,1-2H3,(H,30,35)(H,27,28,29,31,32). The maximum Gasteiger partial charge on any atom is 0.267 e. The number of thiazole rings is 1. The number of piperazine rings is 1. The third-order valence-electron chi connectivity index (χ3n) is 5.83. The van der Waals surface area contributed by atoms with E-state index in [-0.39, 0.29) is 5.91 Å². The van der Waals surface area contributed by atoms with Gasteiger partial charge in [0.15, 0.2) is 5.13 Å². The normalized spacial score (nSPS) is 13.5. The molecular weight excluding hydrogens is 496 g/mol. The summed E-state index contributed by atoms with van der Waals surface area (Å²) in [6.07, 6.45) is 1.52. The molecule has 4 aromatic rings. The van der Waals surface area contributed by atoms with Crippen molar-refractivity contribution in [2.24, 2.45) is 0 Å². The molecule has 11 heteroatoms. The number of aryl methyl sites for hydroxylation is 2. The number of benzene rings is 2. The number of rotatable bonds is 6. The van der Waals surface area contributed by atoms with Gasteiger partial charge >= 0.3 is 0 Å². The minimum atomic E-state index is -0.277. The molecule has 9 nitrogen and oxygen atoms in total. The van der Waals surface area contributed by atoms with Crippen molar-refractivity contribution in [2.45, 2.75) is 13.8 Å². The zero-order valence-electron chi connectivity index (χ0n) is 19.9. The summed E-state index contributed by atoms with van der Waals surface area (Å²) in [5, 5.41) is 7.00. The molecule has 2 aromatic carbocycles. The summed E-state index contributed by atoms with van der Waals surface area (Å²) in [6, 6.07) is 15.9. The second-order valence-corrected chi connectivity index (χ2v) is 9.79. The second kappa shape index (κ2) is 10.5. The van der Waals surface area contributed by atoms with Crippen LogP contribution in [0.25, 0.3) is 0 Å². The maximum atomic E-state index is 12.7. The Labute approximate surface area is 218 Å². The average Bonchev–Trinajstić information content (AvgIpc) is 3.35. The van der Waals surface area contributed by atoms with Crippen LogP contribution in [0.4, 0.5) is 28.4 Å². The highest BCUT2D eigenvalue weighted by Gasteiger charge is 2.21. The van der Waals surface area contributed by atoms with Crippen LogP contribution in [0, 0.1) is 13.8 Å². The molecule has 1 aliphatic heterocycles.